The molecule has 3 N–H and O–H groups in total. The lowest BCUT2D eigenvalue weighted by molar-refractivity contribution is 0.485. The van der Waals surface area contributed by atoms with Crippen molar-refractivity contribution in [1.29, 1.82) is 0 Å². The maximum absolute atomic E-state index is 6.15. The minimum absolute atomic E-state index is 0.294. The Bertz CT molecular complexity index is 278. The topological polar surface area (TPSA) is 38.0 Å². The van der Waals surface area contributed by atoms with E-state index in [9.17, 15) is 0 Å². The van der Waals surface area contributed by atoms with Gasteiger partial charge in [-0.2, -0.15) is 0 Å². The highest BCUT2D eigenvalue weighted by Gasteiger charge is 2.17. The highest BCUT2D eigenvalue weighted by molar-refractivity contribution is 5.15. The Hall–Kier alpha value is -0.860. The average Bonchev–Trinajstić information content (AvgIpc) is 2.71. The van der Waals surface area contributed by atoms with E-state index in [1.165, 1.54) is 24.9 Å². The first-order valence-electron chi connectivity index (χ1n) is 5.87. The summed E-state index contributed by atoms with van der Waals surface area (Å²) in [7, 11) is 0. The molecule has 1 heterocycles. The van der Waals surface area contributed by atoms with Gasteiger partial charge in [0.05, 0.1) is 0 Å². The second-order valence-electron chi connectivity index (χ2n) is 4.48. The van der Waals surface area contributed by atoms with Crippen LogP contribution in [0.25, 0.3) is 0 Å². The summed E-state index contributed by atoms with van der Waals surface area (Å²) in [6.07, 6.45) is 4.71. The van der Waals surface area contributed by atoms with Crippen LogP contribution in [0.5, 0.6) is 0 Å². The monoisotopic (exact) mass is 204 g/mol. The second-order valence-corrected chi connectivity index (χ2v) is 4.48. The predicted octanol–water partition coefficient (Wildman–Crippen LogP) is 1.70. The lowest BCUT2D eigenvalue weighted by atomic mass is 9.99. The molecule has 2 unspecified atom stereocenters. The van der Waals surface area contributed by atoms with E-state index in [0.29, 0.717) is 12.1 Å². The molecule has 2 heteroatoms. The number of nitrogens with one attached hydrogen (secondary N) is 1. The smallest absolute Gasteiger partial charge is 0.00941 e. The molecule has 0 saturated carbocycles. The molecule has 2 nitrogen and oxygen atoms in total. The third-order valence-electron chi connectivity index (χ3n) is 3.09. The van der Waals surface area contributed by atoms with Gasteiger partial charge in [-0.3, -0.25) is 0 Å². The van der Waals surface area contributed by atoms with Gasteiger partial charge in [0, 0.05) is 12.1 Å². The second kappa shape index (κ2) is 5.29. The maximum Gasteiger partial charge on any atom is 0.00941 e. The Morgan fingerprint density at radius 2 is 2.13 bits per heavy atom. The number of nitrogens with two attached hydrogens (primary N) is 1. The van der Waals surface area contributed by atoms with Crippen LogP contribution >= 0.6 is 0 Å². The van der Waals surface area contributed by atoms with Crippen LogP contribution in [-0.4, -0.2) is 18.6 Å². The molecule has 2 atom stereocenters. The van der Waals surface area contributed by atoms with E-state index in [0.717, 1.165) is 12.8 Å². The summed E-state index contributed by atoms with van der Waals surface area (Å²) in [5.41, 5.74) is 7.50. The fourth-order valence-corrected chi connectivity index (χ4v) is 2.32. The van der Waals surface area contributed by atoms with Crippen molar-refractivity contribution in [2.24, 2.45) is 5.73 Å². The van der Waals surface area contributed by atoms with E-state index in [4.69, 9.17) is 5.73 Å². The van der Waals surface area contributed by atoms with Crippen LogP contribution in [0, 0.1) is 0 Å². The first-order valence-corrected chi connectivity index (χ1v) is 5.87. The molecule has 0 radical (unpaired) electrons. The van der Waals surface area contributed by atoms with Gasteiger partial charge in [0.2, 0.25) is 0 Å². The lowest BCUT2D eigenvalue weighted by Gasteiger charge is -2.16. The summed E-state index contributed by atoms with van der Waals surface area (Å²) >= 11 is 0. The molecule has 0 spiro atoms. The summed E-state index contributed by atoms with van der Waals surface area (Å²) in [6, 6.07) is 11.5. The quantitative estimate of drug-likeness (QED) is 0.783. The molecular weight excluding hydrogens is 184 g/mol. The van der Waals surface area contributed by atoms with E-state index >= 15 is 0 Å². The van der Waals surface area contributed by atoms with Crippen LogP contribution in [0.3, 0.4) is 0 Å². The summed E-state index contributed by atoms with van der Waals surface area (Å²) in [6.45, 7) is 1.17. The summed E-state index contributed by atoms with van der Waals surface area (Å²) < 4.78 is 0. The SMILES string of the molecule is NC(Cc1ccccc1)CC1CCCN1. The van der Waals surface area contributed by atoms with Crippen LogP contribution in [-0.2, 0) is 6.42 Å². The van der Waals surface area contributed by atoms with Gasteiger partial charge in [0.25, 0.3) is 0 Å². The molecule has 0 bridgehead atoms. The molecule has 82 valence electrons. The Morgan fingerprint density at radius 3 is 2.80 bits per heavy atom. The molecule has 1 fully saturated rings. The maximum atomic E-state index is 6.15. The highest BCUT2D eigenvalue weighted by atomic mass is 14.9. The van der Waals surface area contributed by atoms with Gasteiger partial charge in [-0.05, 0) is 37.8 Å². The van der Waals surface area contributed by atoms with Crippen molar-refractivity contribution in [3.8, 4) is 0 Å². The van der Waals surface area contributed by atoms with Gasteiger partial charge < -0.3 is 11.1 Å². The molecule has 1 saturated heterocycles. The minimum atomic E-state index is 0.294. The van der Waals surface area contributed by atoms with E-state index in [-0.39, 0.29) is 0 Å². The summed E-state index contributed by atoms with van der Waals surface area (Å²) in [5, 5.41) is 3.49. The largest absolute Gasteiger partial charge is 0.327 e. The van der Waals surface area contributed by atoms with Crippen molar-refractivity contribution >= 4 is 0 Å². The van der Waals surface area contributed by atoms with Crippen LogP contribution < -0.4 is 11.1 Å². The molecule has 15 heavy (non-hydrogen) atoms. The fourth-order valence-electron chi connectivity index (χ4n) is 2.32. The Balaban J connectivity index is 1.79. The van der Waals surface area contributed by atoms with Crippen molar-refractivity contribution in [3.63, 3.8) is 0 Å². The van der Waals surface area contributed by atoms with Gasteiger partial charge in [-0.15, -0.1) is 0 Å². The normalized spacial score (nSPS) is 22.9. The number of rotatable bonds is 4. The van der Waals surface area contributed by atoms with E-state index < -0.39 is 0 Å². The molecule has 0 aromatic heterocycles. The standard InChI is InChI=1S/C13H20N2/c14-12(10-13-7-4-8-15-13)9-11-5-2-1-3-6-11/h1-3,5-6,12-13,15H,4,7-10,14H2. The molecule has 1 aliphatic rings. The zero-order valence-corrected chi connectivity index (χ0v) is 9.15. The van der Waals surface area contributed by atoms with Crippen LogP contribution in [0.15, 0.2) is 30.3 Å². The first kappa shape index (κ1) is 10.7. The highest BCUT2D eigenvalue weighted by Crippen LogP contribution is 2.12. The molecular formula is C13H20N2. The molecule has 2 rings (SSSR count). The van der Waals surface area contributed by atoms with Crippen molar-refractivity contribution < 1.29 is 0 Å². The Morgan fingerprint density at radius 1 is 1.33 bits per heavy atom. The van der Waals surface area contributed by atoms with Crippen LogP contribution in [0.4, 0.5) is 0 Å². The Kier molecular flexibility index (Phi) is 3.75. The molecule has 1 aromatic carbocycles. The number of hydrogen-bond donors (Lipinski definition) is 2. The van der Waals surface area contributed by atoms with Crippen molar-refractivity contribution in [2.45, 2.75) is 37.8 Å². The van der Waals surface area contributed by atoms with E-state index in [1.807, 2.05) is 6.07 Å². The molecule has 1 aromatic rings. The van der Waals surface area contributed by atoms with Crippen molar-refractivity contribution in [2.75, 3.05) is 6.54 Å². The van der Waals surface area contributed by atoms with Gasteiger partial charge >= 0.3 is 0 Å². The third kappa shape index (κ3) is 3.33. The predicted molar refractivity (Wildman–Crippen MR) is 63.8 cm³/mol. The van der Waals surface area contributed by atoms with Gasteiger partial charge in [0.15, 0.2) is 0 Å². The van der Waals surface area contributed by atoms with E-state index in [2.05, 4.69) is 29.6 Å². The van der Waals surface area contributed by atoms with Crippen molar-refractivity contribution in [1.82, 2.24) is 5.32 Å². The molecule has 0 amide bonds. The van der Waals surface area contributed by atoms with Gasteiger partial charge in [-0.1, -0.05) is 30.3 Å². The summed E-state index contributed by atoms with van der Waals surface area (Å²) in [4.78, 5) is 0. The van der Waals surface area contributed by atoms with Crippen LogP contribution in [0.2, 0.25) is 0 Å². The number of benzene rings is 1. The average molecular weight is 204 g/mol. The fraction of sp³-hybridized carbons (Fsp3) is 0.538. The van der Waals surface area contributed by atoms with Gasteiger partial charge in [-0.25, -0.2) is 0 Å². The third-order valence-corrected chi connectivity index (χ3v) is 3.09. The lowest BCUT2D eigenvalue weighted by Crippen LogP contribution is -2.33. The first-order chi connectivity index (χ1) is 7.34. The molecule has 0 aliphatic carbocycles. The van der Waals surface area contributed by atoms with Crippen LogP contribution in [0.1, 0.15) is 24.8 Å². The zero-order valence-electron chi connectivity index (χ0n) is 9.15. The molecule has 1 aliphatic heterocycles. The van der Waals surface area contributed by atoms with Crippen molar-refractivity contribution in [3.05, 3.63) is 35.9 Å². The zero-order chi connectivity index (χ0) is 10.5. The van der Waals surface area contributed by atoms with Gasteiger partial charge in [0.1, 0.15) is 0 Å². The number of hydrogen-bond acceptors (Lipinski definition) is 2. The van der Waals surface area contributed by atoms with E-state index in [1.54, 1.807) is 0 Å². The Labute approximate surface area is 91.9 Å². The minimum Gasteiger partial charge on any atom is -0.327 e. The summed E-state index contributed by atoms with van der Waals surface area (Å²) in [5.74, 6) is 0.